The molecular formula is C38H50N2O4. The molecule has 2 aromatic rings. The van der Waals surface area contributed by atoms with E-state index in [1.807, 2.05) is 12.1 Å². The van der Waals surface area contributed by atoms with E-state index in [0.717, 1.165) is 31.3 Å². The number of benzene rings is 1. The van der Waals surface area contributed by atoms with Crippen LogP contribution in [0.25, 0.3) is 10.8 Å². The maximum atomic E-state index is 14.2. The highest BCUT2D eigenvalue weighted by molar-refractivity contribution is 5.80. The molecule has 0 bridgehead atoms. The van der Waals surface area contributed by atoms with E-state index >= 15 is 0 Å². The minimum atomic E-state index is -0.345. The van der Waals surface area contributed by atoms with Crippen LogP contribution in [0.4, 0.5) is 0 Å². The topological polar surface area (TPSA) is 70.3 Å². The fourth-order valence-corrected chi connectivity index (χ4v) is 9.14. The van der Waals surface area contributed by atoms with Gasteiger partial charge in [-0.2, -0.15) is 0 Å². The fraction of sp³-hybridized carbons (Fsp3) is 0.605. The number of allylic oxidation sites excluding steroid dienone is 5. The van der Waals surface area contributed by atoms with Crippen molar-refractivity contribution in [1.29, 1.82) is 0 Å². The zero-order valence-corrected chi connectivity index (χ0v) is 27.5. The molecule has 7 atom stereocenters. The van der Waals surface area contributed by atoms with Crippen LogP contribution >= 0.6 is 0 Å². The molecule has 6 rings (SSSR count). The fourth-order valence-electron chi connectivity index (χ4n) is 9.14. The molecule has 44 heavy (non-hydrogen) atoms. The van der Waals surface area contributed by atoms with Gasteiger partial charge in [0, 0.05) is 13.3 Å². The van der Waals surface area contributed by atoms with Crippen LogP contribution in [-0.2, 0) is 16.1 Å². The van der Waals surface area contributed by atoms with Gasteiger partial charge >= 0.3 is 5.97 Å². The van der Waals surface area contributed by atoms with E-state index in [4.69, 9.17) is 4.74 Å². The Kier molecular flexibility index (Phi) is 8.40. The van der Waals surface area contributed by atoms with Crippen LogP contribution in [0.2, 0.25) is 0 Å². The third-order valence-corrected chi connectivity index (χ3v) is 11.9. The van der Waals surface area contributed by atoms with Crippen molar-refractivity contribution in [2.24, 2.45) is 35.0 Å². The molecule has 4 aliphatic rings. The minimum Gasteiger partial charge on any atom is -0.462 e. The molecule has 1 aliphatic heterocycles. The van der Waals surface area contributed by atoms with Crippen LogP contribution in [0.5, 0.6) is 0 Å². The van der Waals surface area contributed by atoms with Crippen molar-refractivity contribution in [3.05, 3.63) is 79.9 Å². The number of nitrogens with zero attached hydrogens (tertiary/aromatic N) is 2. The second-order valence-corrected chi connectivity index (χ2v) is 14.8. The van der Waals surface area contributed by atoms with Crippen LogP contribution in [0, 0.1) is 35.0 Å². The highest BCUT2D eigenvalue weighted by Gasteiger charge is 2.50. The second kappa shape index (κ2) is 12.0. The summed E-state index contributed by atoms with van der Waals surface area (Å²) < 4.78 is 9.15. The first-order valence-corrected chi connectivity index (χ1v) is 17.0. The van der Waals surface area contributed by atoms with Gasteiger partial charge in [0.2, 0.25) is 0 Å². The number of hydrogen-bond donors (Lipinski definition) is 0. The number of rotatable bonds is 6. The highest BCUT2D eigenvalue weighted by Crippen LogP contribution is 2.60. The first kappa shape index (κ1) is 30.9. The maximum absolute atomic E-state index is 14.2. The summed E-state index contributed by atoms with van der Waals surface area (Å²) in [6.07, 6.45) is 15.0. The summed E-state index contributed by atoms with van der Waals surface area (Å²) >= 11 is 0. The van der Waals surface area contributed by atoms with Gasteiger partial charge < -0.3 is 4.74 Å². The van der Waals surface area contributed by atoms with Gasteiger partial charge in [-0.3, -0.25) is 14.4 Å². The molecule has 0 N–H and O–H groups in total. The molecular weight excluding hydrogens is 548 g/mol. The molecule has 0 radical (unpaired) electrons. The van der Waals surface area contributed by atoms with Gasteiger partial charge in [-0.1, -0.05) is 70.6 Å². The van der Waals surface area contributed by atoms with Crippen LogP contribution in [0.15, 0.2) is 68.8 Å². The summed E-state index contributed by atoms with van der Waals surface area (Å²) in [6, 6.07) is 6.86. The standard InChI is InChI=1S/C38H50N2O4/c1-23(2)24(3)13-14-25(4)33-17-18-34-27(10-9-19-38(33,34)6)20-35-32-21-29(44-26(5)41)16-15-28(32)22-39-36(42)30-11-7-8-12-31(30)37(43)40(35)39/h7-8,11-14,20,23-25,29,33-35H,9-10,15-19,21-22H2,1-6H3/b14-13+,27-20+/t24-,25+,29+,33-,34-,35-,38+/m0/s1. The Hall–Kier alpha value is -3.15. The molecule has 6 heteroatoms. The van der Waals surface area contributed by atoms with Crippen molar-refractivity contribution < 1.29 is 9.53 Å². The normalized spacial score (nSPS) is 30.8. The van der Waals surface area contributed by atoms with Crippen LogP contribution in [-0.4, -0.2) is 21.4 Å². The van der Waals surface area contributed by atoms with Crippen molar-refractivity contribution in [2.45, 2.75) is 112 Å². The lowest BCUT2D eigenvalue weighted by molar-refractivity contribution is -0.146. The second-order valence-electron chi connectivity index (χ2n) is 14.8. The largest absolute Gasteiger partial charge is 0.462 e. The molecule has 0 spiro atoms. The molecule has 3 aliphatic carbocycles. The molecule has 2 saturated carbocycles. The molecule has 0 amide bonds. The number of aromatic nitrogens is 2. The Balaban J connectivity index is 1.42. The summed E-state index contributed by atoms with van der Waals surface area (Å²) in [6.45, 7) is 13.7. The van der Waals surface area contributed by atoms with E-state index in [9.17, 15) is 14.4 Å². The van der Waals surface area contributed by atoms with E-state index in [-0.39, 0.29) is 34.6 Å². The molecule has 236 valence electrons. The zero-order valence-electron chi connectivity index (χ0n) is 27.5. The van der Waals surface area contributed by atoms with Gasteiger partial charge in [0.1, 0.15) is 6.10 Å². The SMILES string of the molecule is CC(=O)O[C@@H]1CCC2=C(C1)[C@H](/C=C1\CCC[C@@]3(C)[C@H]1CC[C@H]3[C@H](C)/C=C/[C@H](C)C(C)C)n1c(=O)c3ccccc3c(=O)n1C2. The minimum absolute atomic E-state index is 0.108. The Morgan fingerprint density at radius 2 is 1.73 bits per heavy atom. The number of fused-ring (bicyclic) bond motifs is 3. The average Bonchev–Trinajstić information content (AvgIpc) is 3.36. The Morgan fingerprint density at radius 1 is 1.00 bits per heavy atom. The number of ether oxygens (including phenoxy) is 1. The quantitative estimate of drug-likeness (QED) is 0.252. The predicted molar refractivity (Wildman–Crippen MR) is 176 cm³/mol. The lowest BCUT2D eigenvalue weighted by atomic mass is 9.61. The third-order valence-electron chi connectivity index (χ3n) is 11.9. The number of hydrogen-bond acceptors (Lipinski definition) is 4. The van der Waals surface area contributed by atoms with E-state index in [0.29, 0.717) is 53.3 Å². The summed E-state index contributed by atoms with van der Waals surface area (Å²) in [5.74, 6) is 2.55. The van der Waals surface area contributed by atoms with E-state index in [1.54, 1.807) is 21.5 Å². The number of esters is 1. The summed E-state index contributed by atoms with van der Waals surface area (Å²) in [5.41, 5.74) is 3.80. The Labute approximate surface area is 261 Å². The van der Waals surface area contributed by atoms with Crippen molar-refractivity contribution in [3.8, 4) is 0 Å². The van der Waals surface area contributed by atoms with E-state index in [2.05, 4.69) is 52.8 Å². The lowest BCUT2D eigenvalue weighted by Gasteiger charge is -2.45. The van der Waals surface area contributed by atoms with Crippen molar-refractivity contribution in [3.63, 3.8) is 0 Å². The molecule has 2 heterocycles. The van der Waals surface area contributed by atoms with Crippen LogP contribution < -0.4 is 11.1 Å². The van der Waals surface area contributed by atoms with Gasteiger partial charge in [-0.05, 0) is 103 Å². The highest BCUT2D eigenvalue weighted by atomic mass is 16.5. The van der Waals surface area contributed by atoms with Crippen LogP contribution in [0.3, 0.4) is 0 Å². The molecule has 0 unspecified atom stereocenters. The summed E-state index contributed by atoms with van der Waals surface area (Å²) in [5, 5.41) is 0.953. The van der Waals surface area contributed by atoms with Gasteiger partial charge in [0.25, 0.3) is 11.1 Å². The first-order chi connectivity index (χ1) is 21.0. The summed E-state index contributed by atoms with van der Waals surface area (Å²) in [7, 11) is 0. The number of carbonyl (C=O) groups excluding carboxylic acids is 1. The monoisotopic (exact) mass is 598 g/mol. The van der Waals surface area contributed by atoms with Gasteiger partial charge in [-0.15, -0.1) is 0 Å². The lowest BCUT2D eigenvalue weighted by Crippen LogP contribution is -2.46. The Morgan fingerprint density at radius 3 is 2.43 bits per heavy atom. The molecule has 1 aromatic heterocycles. The van der Waals surface area contributed by atoms with Crippen molar-refractivity contribution in [2.75, 3.05) is 0 Å². The first-order valence-electron chi connectivity index (χ1n) is 17.0. The van der Waals surface area contributed by atoms with Crippen LogP contribution in [0.1, 0.15) is 99.0 Å². The molecule has 2 fully saturated rings. The predicted octanol–water partition coefficient (Wildman–Crippen LogP) is 7.76. The number of carbonyl (C=O) groups is 1. The van der Waals surface area contributed by atoms with Gasteiger partial charge in [0.15, 0.2) is 0 Å². The van der Waals surface area contributed by atoms with Gasteiger partial charge in [-0.25, -0.2) is 9.36 Å². The Bertz CT molecular complexity index is 1650. The summed E-state index contributed by atoms with van der Waals surface area (Å²) in [4.78, 5) is 39.9. The van der Waals surface area contributed by atoms with Gasteiger partial charge in [0.05, 0.1) is 23.4 Å². The van der Waals surface area contributed by atoms with Crippen molar-refractivity contribution in [1.82, 2.24) is 9.36 Å². The van der Waals surface area contributed by atoms with E-state index in [1.165, 1.54) is 37.3 Å². The zero-order chi connectivity index (χ0) is 31.3. The van der Waals surface area contributed by atoms with Crippen molar-refractivity contribution >= 4 is 16.7 Å². The molecule has 1 aromatic carbocycles. The third kappa shape index (κ3) is 5.37. The molecule has 0 saturated heterocycles. The van der Waals surface area contributed by atoms with E-state index < -0.39 is 0 Å². The average molecular weight is 599 g/mol. The smallest absolute Gasteiger partial charge is 0.302 e. The maximum Gasteiger partial charge on any atom is 0.302 e. The molecule has 6 nitrogen and oxygen atoms in total.